The highest BCUT2D eigenvalue weighted by Crippen LogP contribution is 2.29. The van der Waals surface area contributed by atoms with Crippen LogP contribution in [0.5, 0.6) is 0 Å². The molecule has 0 fully saturated rings. The fourth-order valence-corrected chi connectivity index (χ4v) is 2.92. The molecule has 24 heavy (non-hydrogen) atoms. The number of aryl methyl sites for hydroxylation is 1. The molecule has 1 aliphatic carbocycles. The third kappa shape index (κ3) is 4.19. The number of fused-ring (bicyclic) bond motifs is 1. The number of oxime groups is 1. The molecule has 1 atom stereocenters. The maximum atomic E-state index is 13.0. The molecular weight excluding hydrogens is 307 g/mol. The monoisotopic (exact) mass is 326 g/mol. The molecule has 0 aromatic heterocycles. The zero-order chi connectivity index (χ0) is 16.8. The Labute approximate surface area is 140 Å². The van der Waals surface area contributed by atoms with Crippen LogP contribution in [0.25, 0.3) is 0 Å². The number of benzene rings is 2. The summed E-state index contributed by atoms with van der Waals surface area (Å²) in [6.07, 6.45) is 4.42. The van der Waals surface area contributed by atoms with Gasteiger partial charge in [0.2, 0.25) is 0 Å². The van der Waals surface area contributed by atoms with E-state index in [-0.39, 0.29) is 24.4 Å². The van der Waals surface area contributed by atoms with E-state index in [4.69, 9.17) is 4.84 Å². The summed E-state index contributed by atoms with van der Waals surface area (Å²) in [5, 5.41) is 6.69. The van der Waals surface area contributed by atoms with Crippen LogP contribution in [0.15, 0.2) is 53.7 Å². The van der Waals surface area contributed by atoms with Gasteiger partial charge < -0.3 is 10.2 Å². The van der Waals surface area contributed by atoms with E-state index in [1.165, 1.54) is 29.5 Å². The summed E-state index contributed by atoms with van der Waals surface area (Å²) in [5.41, 5.74) is 3.05. The SMILES string of the molecule is O=C(CO/N=C\c1cccc(F)c1)N[C@H]1CCCc2ccccc21. The molecule has 5 heteroatoms. The first-order valence-electron chi connectivity index (χ1n) is 8.00. The van der Waals surface area contributed by atoms with Crippen molar-refractivity contribution in [2.24, 2.45) is 5.16 Å². The van der Waals surface area contributed by atoms with Crippen molar-refractivity contribution in [3.63, 3.8) is 0 Å². The second-order valence-electron chi connectivity index (χ2n) is 5.77. The fourth-order valence-electron chi connectivity index (χ4n) is 2.92. The van der Waals surface area contributed by atoms with Gasteiger partial charge in [-0.2, -0.15) is 0 Å². The third-order valence-electron chi connectivity index (χ3n) is 4.03. The number of hydrogen-bond acceptors (Lipinski definition) is 3. The van der Waals surface area contributed by atoms with Gasteiger partial charge in [0.05, 0.1) is 12.3 Å². The van der Waals surface area contributed by atoms with Crippen molar-refractivity contribution in [3.8, 4) is 0 Å². The Bertz CT molecular complexity index is 746. The molecule has 2 aromatic carbocycles. The molecule has 0 bridgehead atoms. The molecule has 1 N–H and O–H groups in total. The third-order valence-corrected chi connectivity index (χ3v) is 4.03. The highest BCUT2D eigenvalue weighted by atomic mass is 19.1. The maximum absolute atomic E-state index is 13.0. The van der Waals surface area contributed by atoms with E-state index in [2.05, 4.69) is 22.6 Å². The minimum absolute atomic E-state index is 0.0262. The van der Waals surface area contributed by atoms with Crippen LogP contribution in [0.3, 0.4) is 0 Å². The summed E-state index contributed by atoms with van der Waals surface area (Å²) >= 11 is 0. The van der Waals surface area contributed by atoms with Crippen LogP contribution in [0.2, 0.25) is 0 Å². The molecule has 124 valence electrons. The van der Waals surface area contributed by atoms with Gasteiger partial charge in [0.25, 0.3) is 5.91 Å². The van der Waals surface area contributed by atoms with E-state index in [0.717, 1.165) is 19.3 Å². The first-order chi connectivity index (χ1) is 11.7. The van der Waals surface area contributed by atoms with E-state index in [9.17, 15) is 9.18 Å². The van der Waals surface area contributed by atoms with Crippen LogP contribution in [0.1, 0.15) is 35.6 Å². The molecular formula is C19H19FN2O2. The minimum atomic E-state index is -0.340. The van der Waals surface area contributed by atoms with Crippen LogP contribution in [0.4, 0.5) is 4.39 Å². The molecule has 2 aromatic rings. The van der Waals surface area contributed by atoms with Crippen molar-refractivity contribution in [2.45, 2.75) is 25.3 Å². The van der Waals surface area contributed by atoms with Crippen LogP contribution < -0.4 is 5.32 Å². The van der Waals surface area contributed by atoms with Crippen molar-refractivity contribution in [3.05, 3.63) is 71.0 Å². The van der Waals surface area contributed by atoms with Gasteiger partial charge in [-0.3, -0.25) is 4.79 Å². The van der Waals surface area contributed by atoms with Crippen LogP contribution in [-0.2, 0) is 16.1 Å². The Morgan fingerprint density at radius 1 is 1.29 bits per heavy atom. The van der Waals surface area contributed by atoms with Crippen molar-refractivity contribution in [1.82, 2.24) is 5.32 Å². The summed E-state index contributed by atoms with van der Waals surface area (Å²) in [5.74, 6) is -0.555. The number of amides is 1. The van der Waals surface area contributed by atoms with Gasteiger partial charge in [-0.25, -0.2) is 4.39 Å². The zero-order valence-corrected chi connectivity index (χ0v) is 13.2. The van der Waals surface area contributed by atoms with E-state index in [0.29, 0.717) is 5.56 Å². The van der Waals surface area contributed by atoms with Gasteiger partial charge in [0.1, 0.15) is 5.82 Å². The first kappa shape index (κ1) is 16.2. The number of nitrogens with zero attached hydrogens (tertiary/aromatic N) is 1. The standard InChI is InChI=1S/C19H19FN2O2/c20-16-8-3-5-14(11-16)12-21-24-13-19(23)22-18-10-4-7-15-6-1-2-9-17(15)18/h1-3,5-6,8-9,11-12,18H,4,7,10,13H2,(H,22,23)/b21-12-/t18-/m0/s1. The van der Waals surface area contributed by atoms with Crippen molar-refractivity contribution in [1.29, 1.82) is 0 Å². The van der Waals surface area contributed by atoms with Gasteiger partial charge >= 0.3 is 0 Å². The Hall–Kier alpha value is -2.69. The van der Waals surface area contributed by atoms with E-state index >= 15 is 0 Å². The lowest BCUT2D eigenvalue weighted by Crippen LogP contribution is -2.33. The fraction of sp³-hybridized carbons (Fsp3) is 0.263. The summed E-state index contributed by atoms with van der Waals surface area (Å²) in [6, 6.07) is 14.2. The molecule has 3 rings (SSSR count). The van der Waals surface area contributed by atoms with Gasteiger partial charge in [0.15, 0.2) is 6.61 Å². The number of carbonyl (C=O) groups excluding carboxylic acids is 1. The Kier molecular flexibility index (Phi) is 5.21. The van der Waals surface area contributed by atoms with Crippen LogP contribution >= 0.6 is 0 Å². The summed E-state index contributed by atoms with van der Waals surface area (Å²) in [4.78, 5) is 17.0. The molecule has 1 aliphatic rings. The predicted octanol–water partition coefficient (Wildman–Crippen LogP) is 3.37. The summed E-state index contributed by atoms with van der Waals surface area (Å²) < 4.78 is 13.0. The largest absolute Gasteiger partial charge is 0.386 e. The first-order valence-corrected chi connectivity index (χ1v) is 8.00. The lowest BCUT2D eigenvalue weighted by Gasteiger charge is -2.26. The normalized spacial score (nSPS) is 16.6. The van der Waals surface area contributed by atoms with Gasteiger partial charge in [-0.05, 0) is 48.1 Å². The van der Waals surface area contributed by atoms with Crippen LogP contribution in [0, 0.1) is 5.82 Å². The topological polar surface area (TPSA) is 50.7 Å². The molecule has 1 amide bonds. The van der Waals surface area contributed by atoms with Gasteiger partial charge in [-0.15, -0.1) is 0 Å². The number of rotatable bonds is 5. The second-order valence-corrected chi connectivity index (χ2v) is 5.77. The number of hydrogen-bond donors (Lipinski definition) is 1. The van der Waals surface area contributed by atoms with E-state index < -0.39 is 0 Å². The molecule has 0 heterocycles. The van der Waals surface area contributed by atoms with Gasteiger partial charge in [0, 0.05) is 0 Å². The lowest BCUT2D eigenvalue weighted by molar-refractivity contribution is -0.126. The summed E-state index contributed by atoms with van der Waals surface area (Å²) in [7, 11) is 0. The Morgan fingerprint density at radius 3 is 3.04 bits per heavy atom. The Balaban J connectivity index is 1.50. The molecule has 4 nitrogen and oxygen atoms in total. The zero-order valence-electron chi connectivity index (χ0n) is 13.2. The lowest BCUT2D eigenvalue weighted by atomic mass is 9.88. The maximum Gasteiger partial charge on any atom is 0.261 e. The van der Waals surface area contributed by atoms with Crippen molar-refractivity contribution >= 4 is 12.1 Å². The van der Waals surface area contributed by atoms with Gasteiger partial charge in [-0.1, -0.05) is 41.6 Å². The van der Waals surface area contributed by atoms with Crippen molar-refractivity contribution in [2.75, 3.05) is 6.61 Å². The number of nitrogens with one attached hydrogen (secondary N) is 1. The molecule has 0 saturated carbocycles. The average molecular weight is 326 g/mol. The smallest absolute Gasteiger partial charge is 0.261 e. The van der Waals surface area contributed by atoms with Crippen molar-refractivity contribution < 1.29 is 14.0 Å². The molecule has 0 unspecified atom stereocenters. The average Bonchev–Trinajstić information content (AvgIpc) is 2.59. The number of carbonyl (C=O) groups is 1. The quantitative estimate of drug-likeness (QED) is 0.676. The van der Waals surface area contributed by atoms with E-state index in [1.807, 2.05) is 12.1 Å². The summed E-state index contributed by atoms with van der Waals surface area (Å²) in [6.45, 7) is -0.162. The molecule has 0 aliphatic heterocycles. The highest BCUT2D eigenvalue weighted by Gasteiger charge is 2.21. The highest BCUT2D eigenvalue weighted by molar-refractivity contribution is 5.80. The molecule has 0 spiro atoms. The Morgan fingerprint density at radius 2 is 2.17 bits per heavy atom. The minimum Gasteiger partial charge on any atom is -0.386 e. The van der Waals surface area contributed by atoms with Crippen LogP contribution in [-0.4, -0.2) is 18.7 Å². The predicted molar refractivity (Wildman–Crippen MR) is 90.2 cm³/mol. The second kappa shape index (κ2) is 7.73. The molecule has 0 radical (unpaired) electrons. The molecule has 0 saturated heterocycles. The van der Waals surface area contributed by atoms with E-state index in [1.54, 1.807) is 12.1 Å². The number of halogens is 1.